The first kappa shape index (κ1) is 17.5. The lowest BCUT2D eigenvalue weighted by molar-refractivity contribution is 0.396. The lowest BCUT2D eigenvalue weighted by atomic mass is 9.94. The monoisotopic (exact) mass is 369 g/mol. The van der Waals surface area contributed by atoms with Gasteiger partial charge in [-0.2, -0.15) is 0 Å². The quantitative estimate of drug-likeness (QED) is 0.810. The fourth-order valence-electron chi connectivity index (χ4n) is 1.92. The van der Waals surface area contributed by atoms with E-state index in [0.717, 1.165) is 12.3 Å². The van der Waals surface area contributed by atoms with Crippen molar-refractivity contribution in [1.82, 2.24) is 5.32 Å². The lowest BCUT2D eigenvalue weighted by Gasteiger charge is -2.34. The maximum atomic E-state index is 14.2. The molecule has 0 saturated carbocycles. The Morgan fingerprint density at radius 1 is 1.35 bits per heavy atom. The molecule has 0 aromatic heterocycles. The van der Waals surface area contributed by atoms with Crippen molar-refractivity contribution in [2.24, 2.45) is 0 Å². The van der Waals surface area contributed by atoms with E-state index in [1.54, 1.807) is 6.92 Å². The number of hydrogen-bond acceptors (Lipinski definition) is 3. The normalized spacial score (nSPS) is 14.3. The Kier molecular flexibility index (Phi) is 5.32. The highest BCUT2D eigenvalue weighted by Crippen LogP contribution is 2.36. The Hall–Kier alpha value is -0.530. The standard InChI is InChI=1S/C13H18BrF2NO2S/c1-5-17-12(13(2,3)20(4,18)19)10-9(15)7-6-8(14)11(10)16/h6-7,12,17H,5H2,1-4H3. The predicted molar refractivity (Wildman–Crippen MR) is 79.4 cm³/mol. The van der Waals surface area contributed by atoms with Crippen LogP contribution in [0.3, 0.4) is 0 Å². The largest absolute Gasteiger partial charge is 0.309 e. The van der Waals surface area contributed by atoms with Gasteiger partial charge in [0.05, 0.1) is 15.3 Å². The van der Waals surface area contributed by atoms with Crippen molar-refractivity contribution in [3.63, 3.8) is 0 Å². The van der Waals surface area contributed by atoms with Crippen molar-refractivity contribution < 1.29 is 17.2 Å². The summed E-state index contributed by atoms with van der Waals surface area (Å²) in [7, 11) is -3.53. The molecule has 0 saturated heterocycles. The van der Waals surface area contributed by atoms with Crippen LogP contribution in [0.4, 0.5) is 8.78 Å². The Labute approximate surface area is 126 Å². The van der Waals surface area contributed by atoms with E-state index in [-0.39, 0.29) is 10.0 Å². The minimum Gasteiger partial charge on any atom is -0.309 e. The van der Waals surface area contributed by atoms with Crippen LogP contribution in [0, 0.1) is 11.6 Å². The van der Waals surface area contributed by atoms with Crippen molar-refractivity contribution in [3.8, 4) is 0 Å². The molecule has 0 amide bonds. The molecule has 1 aromatic rings. The van der Waals surface area contributed by atoms with Crippen LogP contribution in [0.25, 0.3) is 0 Å². The molecule has 1 aromatic carbocycles. The highest BCUT2D eigenvalue weighted by Gasteiger charge is 2.42. The van der Waals surface area contributed by atoms with Crippen LogP contribution in [-0.4, -0.2) is 26.0 Å². The third kappa shape index (κ3) is 3.20. The van der Waals surface area contributed by atoms with Gasteiger partial charge in [-0.15, -0.1) is 0 Å². The Morgan fingerprint density at radius 3 is 2.35 bits per heavy atom. The van der Waals surface area contributed by atoms with E-state index < -0.39 is 32.3 Å². The summed E-state index contributed by atoms with van der Waals surface area (Å²) < 4.78 is 50.9. The minimum atomic E-state index is -3.53. The Bertz CT molecular complexity index is 603. The number of nitrogens with one attached hydrogen (secondary N) is 1. The molecule has 0 aliphatic rings. The van der Waals surface area contributed by atoms with Gasteiger partial charge in [-0.25, -0.2) is 17.2 Å². The predicted octanol–water partition coefficient (Wildman–Crippen LogP) is 3.20. The fraction of sp³-hybridized carbons (Fsp3) is 0.538. The van der Waals surface area contributed by atoms with E-state index in [1.165, 1.54) is 19.9 Å². The van der Waals surface area contributed by atoms with Crippen molar-refractivity contribution in [2.75, 3.05) is 12.8 Å². The fourth-order valence-corrected chi connectivity index (χ4v) is 2.90. The van der Waals surface area contributed by atoms with Crippen LogP contribution in [0.5, 0.6) is 0 Å². The van der Waals surface area contributed by atoms with E-state index in [9.17, 15) is 17.2 Å². The molecular weight excluding hydrogens is 352 g/mol. The first-order valence-corrected chi connectivity index (χ1v) is 8.78. The van der Waals surface area contributed by atoms with Gasteiger partial charge >= 0.3 is 0 Å². The average Bonchev–Trinajstić information content (AvgIpc) is 2.31. The average molecular weight is 370 g/mol. The molecular formula is C13H18BrF2NO2S. The van der Waals surface area contributed by atoms with Crippen LogP contribution in [0.2, 0.25) is 0 Å². The molecule has 1 N–H and O–H groups in total. The molecule has 0 aliphatic heterocycles. The van der Waals surface area contributed by atoms with Gasteiger partial charge in [-0.3, -0.25) is 0 Å². The Morgan fingerprint density at radius 2 is 1.90 bits per heavy atom. The third-order valence-electron chi connectivity index (χ3n) is 3.43. The summed E-state index contributed by atoms with van der Waals surface area (Å²) in [6, 6.07) is 1.38. The van der Waals surface area contributed by atoms with E-state index in [1.807, 2.05) is 0 Å². The maximum absolute atomic E-state index is 14.2. The second kappa shape index (κ2) is 6.07. The topological polar surface area (TPSA) is 46.2 Å². The zero-order valence-corrected chi connectivity index (χ0v) is 14.2. The SMILES string of the molecule is CCNC(c1c(F)ccc(Br)c1F)C(C)(C)S(C)(=O)=O. The van der Waals surface area contributed by atoms with E-state index in [4.69, 9.17) is 0 Å². The van der Waals surface area contributed by atoms with E-state index in [2.05, 4.69) is 21.2 Å². The summed E-state index contributed by atoms with van der Waals surface area (Å²) in [5.74, 6) is -1.55. The van der Waals surface area contributed by atoms with Gasteiger partial charge in [0.25, 0.3) is 0 Å². The molecule has 1 atom stereocenters. The second-order valence-electron chi connectivity index (χ2n) is 5.12. The van der Waals surface area contributed by atoms with Crippen molar-refractivity contribution in [3.05, 3.63) is 33.8 Å². The Balaban J connectivity index is 3.55. The molecule has 0 heterocycles. The lowest BCUT2D eigenvalue weighted by Crippen LogP contribution is -2.45. The highest BCUT2D eigenvalue weighted by atomic mass is 79.9. The zero-order chi connectivity index (χ0) is 15.7. The number of rotatable bonds is 5. The molecule has 0 spiro atoms. The first-order valence-electron chi connectivity index (χ1n) is 6.10. The molecule has 1 unspecified atom stereocenters. The van der Waals surface area contributed by atoms with Gasteiger partial charge < -0.3 is 5.32 Å². The minimum absolute atomic E-state index is 0.0982. The molecule has 7 heteroatoms. The number of hydrogen-bond donors (Lipinski definition) is 1. The van der Waals surface area contributed by atoms with E-state index >= 15 is 0 Å². The van der Waals surface area contributed by atoms with Gasteiger partial charge in [-0.05, 0) is 48.5 Å². The van der Waals surface area contributed by atoms with Crippen molar-refractivity contribution in [2.45, 2.75) is 31.6 Å². The number of benzene rings is 1. The number of halogens is 3. The highest BCUT2D eigenvalue weighted by molar-refractivity contribution is 9.10. The number of sulfone groups is 1. The van der Waals surface area contributed by atoms with Crippen LogP contribution >= 0.6 is 15.9 Å². The smallest absolute Gasteiger partial charge is 0.154 e. The molecule has 0 bridgehead atoms. The van der Waals surface area contributed by atoms with Gasteiger partial charge in [0.15, 0.2) is 9.84 Å². The van der Waals surface area contributed by atoms with Crippen LogP contribution in [0.15, 0.2) is 16.6 Å². The molecule has 114 valence electrons. The first-order chi connectivity index (χ1) is 9.04. The van der Waals surface area contributed by atoms with Gasteiger partial charge in [-0.1, -0.05) is 6.92 Å². The molecule has 0 radical (unpaired) electrons. The van der Waals surface area contributed by atoms with Gasteiger partial charge in [0.1, 0.15) is 11.6 Å². The van der Waals surface area contributed by atoms with Crippen molar-refractivity contribution in [1.29, 1.82) is 0 Å². The summed E-state index contributed by atoms with van der Waals surface area (Å²) in [6.45, 7) is 5.04. The molecule has 0 aliphatic carbocycles. The van der Waals surface area contributed by atoms with Gasteiger partial charge in [0.2, 0.25) is 0 Å². The van der Waals surface area contributed by atoms with Crippen LogP contribution < -0.4 is 5.32 Å². The van der Waals surface area contributed by atoms with Crippen molar-refractivity contribution >= 4 is 25.8 Å². The summed E-state index contributed by atoms with van der Waals surface area (Å²) >= 11 is 3.00. The molecule has 3 nitrogen and oxygen atoms in total. The maximum Gasteiger partial charge on any atom is 0.154 e. The van der Waals surface area contributed by atoms with Crippen LogP contribution in [-0.2, 0) is 9.84 Å². The molecule has 20 heavy (non-hydrogen) atoms. The summed E-state index contributed by atoms with van der Waals surface area (Å²) in [5.41, 5.74) is -0.267. The summed E-state index contributed by atoms with van der Waals surface area (Å²) in [5, 5.41) is 2.87. The molecule has 0 fully saturated rings. The third-order valence-corrected chi connectivity index (χ3v) is 6.19. The summed E-state index contributed by atoms with van der Waals surface area (Å²) in [4.78, 5) is 0. The van der Waals surface area contributed by atoms with Crippen LogP contribution in [0.1, 0.15) is 32.4 Å². The molecule has 1 rings (SSSR count). The van der Waals surface area contributed by atoms with Gasteiger partial charge in [0, 0.05) is 11.8 Å². The van der Waals surface area contributed by atoms with E-state index in [0.29, 0.717) is 6.54 Å². The zero-order valence-electron chi connectivity index (χ0n) is 11.8. The second-order valence-corrected chi connectivity index (χ2v) is 8.57. The summed E-state index contributed by atoms with van der Waals surface area (Å²) in [6.07, 6.45) is 1.06.